The van der Waals surface area contributed by atoms with E-state index in [-0.39, 0.29) is 12.0 Å². The van der Waals surface area contributed by atoms with Crippen LogP contribution in [0.5, 0.6) is 11.5 Å². The quantitative estimate of drug-likeness (QED) is 0.931. The van der Waals surface area contributed by atoms with Crippen LogP contribution in [-0.4, -0.2) is 30.2 Å². The molecular formula is C15H15F3N2O3. The minimum Gasteiger partial charge on any atom is -0.493 e. The Morgan fingerprint density at radius 1 is 1.26 bits per heavy atom. The molecule has 1 fully saturated rings. The Morgan fingerprint density at radius 3 is 2.70 bits per heavy atom. The summed E-state index contributed by atoms with van der Waals surface area (Å²) in [5, 5.41) is 5.70. The maximum Gasteiger partial charge on any atom is 0.432 e. The van der Waals surface area contributed by atoms with Gasteiger partial charge < -0.3 is 14.2 Å². The van der Waals surface area contributed by atoms with Gasteiger partial charge in [0.1, 0.15) is 5.69 Å². The predicted molar refractivity (Wildman–Crippen MR) is 75.2 cm³/mol. The summed E-state index contributed by atoms with van der Waals surface area (Å²) in [6.45, 7) is 0.626. The average Bonchev–Trinajstić information content (AvgIpc) is 3.18. The summed E-state index contributed by atoms with van der Waals surface area (Å²) < 4.78 is 54.3. The van der Waals surface area contributed by atoms with E-state index in [4.69, 9.17) is 14.2 Å². The molecule has 2 aromatic rings. The van der Waals surface area contributed by atoms with Crippen molar-refractivity contribution in [2.75, 3.05) is 13.7 Å². The number of aromatic amines is 1. The fraction of sp³-hybridized carbons (Fsp3) is 0.400. The summed E-state index contributed by atoms with van der Waals surface area (Å²) in [5.41, 5.74) is -0.229. The second-order valence-electron chi connectivity index (χ2n) is 5.09. The van der Waals surface area contributed by atoms with Crippen molar-refractivity contribution in [2.24, 2.45) is 0 Å². The first-order valence-corrected chi connectivity index (χ1v) is 7.06. The highest BCUT2D eigenvalue weighted by Gasteiger charge is 2.33. The molecule has 3 rings (SSSR count). The SMILES string of the molecule is COc1ccc(-c2cc(C(F)(F)F)[nH]n2)cc1OC1CCCO1. The van der Waals surface area contributed by atoms with Crippen LogP contribution in [0.3, 0.4) is 0 Å². The highest BCUT2D eigenvalue weighted by Crippen LogP contribution is 2.35. The van der Waals surface area contributed by atoms with Crippen molar-refractivity contribution in [3.05, 3.63) is 30.0 Å². The Bertz CT molecular complexity index is 679. The molecule has 1 atom stereocenters. The zero-order chi connectivity index (χ0) is 16.4. The predicted octanol–water partition coefficient (Wildman–Crippen LogP) is 3.62. The molecule has 5 nitrogen and oxygen atoms in total. The van der Waals surface area contributed by atoms with Gasteiger partial charge in [0, 0.05) is 12.0 Å². The molecule has 0 amide bonds. The fourth-order valence-electron chi connectivity index (χ4n) is 2.33. The van der Waals surface area contributed by atoms with Gasteiger partial charge >= 0.3 is 6.18 Å². The van der Waals surface area contributed by atoms with Crippen LogP contribution in [0.2, 0.25) is 0 Å². The normalized spacial score (nSPS) is 18.2. The number of nitrogens with zero attached hydrogens (tertiary/aromatic N) is 1. The smallest absolute Gasteiger partial charge is 0.432 e. The monoisotopic (exact) mass is 328 g/mol. The largest absolute Gasteiger partial charge is 0.493 e. The van der Waals surface area contributed by atoms with Crippen LogP contribution in [0.1, 0.15) is 18.5 Å². The third kappa shape index (κ3) is 3.42. The molecule has 0 radical (unpaired) electrons. The number of hydrogen-bond acceptors (Lipinski definition) is 4. The van der Waals surface area contributed by atoms with E-state index in [9.17, 15) is 13.2 Å². The number of H-pyrrole nitrogens is 1. The summed E-state index contributed by atoms with van der Waals surface area (Å²) in [6.07, 6.45) is -3.17. The zero-order valence-electron chi connectivity index (χ0n) is 12.3. The molecule has 1 aromatic heterocycles. The van der Waals surface area contributed by atoms with Gasteiger partial charge in [0.25, 0.3) is 0 Å². The number of ether oxygens (including phenoxy) is 3. The van der Waals surface area contributed by atoms with E-state index in [0.29, 0.717) is 23.7 Å². The van der Waals surface area contributed by atoms with E-state index in [1.807, 2.05) is 5.10 Å². The molecule has 1 N–H and O–H groups in total. The van der Waals surface area contributed by atoms with Crippen LogP contribution < -0.4 is 9.47 Å². The lowest BCUT2D eigenvalue weighted by Crippen LogP contribution is -2.14. The maximum absolute atomic E-state index is 12.7. The average molecular weight is 328 g/mol. The molecule has 0 aliphatic carbocycles. The highest BCUT2D eigenvalue weighted by molar-refractivity contribution is 5.64. The van der Waals surface area contributed by atoms with Crippen molar-refractivity contribution < 1.29 is 27.4 Å². The molecule has 0 bridgehead atoms. The summed E-state index contributed by atoms with van der Waals surface area (Å²) >= 11 is 0. The fourth-order valence-corrected chi connectivity index (χ4v) is 2.33. The first-order chi connectivity index (χ1) is 11.0. The molecule has 23 heavy (non-hydrogen) atoms. The Hall–Kier alpha value is -2.22. The van der Waals surface area contributed by atoms with Crippen molar-refractivity contribution in [2.45, 2.75) is 25.3 Å². The van der Waals surface area contributed by atoms with Crippen molar-refractivity contribution >= 4 is 0 Å². The molecule has 0 spiro atoms. The van der Waals surface area contributed by atoms with Gasteiger partial charge in [-0.3, -0.25) is 5.10 Å². The molecule has 8 heteroatoms. The number of methoxy groups -OCH3 is 1. The summed E-state index contributed by atoms with van der Waals surface area (Å²) in [5.74, 6) is 0.893. The van der Waals surface area contributed by atoms with Crippen LogP contribution in [0.4, 0.5) is 13.2 Å². The van der Waals surface area contributed by atoms with Crippen molar-refractivity contribution in [1.29, 1.82) is 0 Å². The van der Waals surface area contributed by atoms with E-state index in [1.165, 1.54) is 7.11 Å². The molecule has 1 aliphatic heterocycles. The molecule has 1 aromatic carbocycles. The zero-order valence-corrected chi connectivity index (χ0v) is 12.3. The van der Waals surface area contributed by atoms with Gasteiger partial charge in [0.15, 0.2) is 17.8 Å². The minimum absolute atomic E-state index is 0.178. The molecular weight excluding hydrogens is 313 g/mol. The standard InChI is InChI=1S/C15H15F3N2O3/c1-21-11-5-4-9(7-12(11)23-14-3-2-6-22-14)10-8-13(20-19-10)15(16,17)18/h4-5,7-8,14H,2-3,6H2,1H3,(H,19,20). The summed E-state index contributed by atoms with van der Waals surface area (Å²) in [7, 11) is 1.49. The first-order valence-electron chi connectivity index (χ1n) is 7.06. The topological polar surface area (TPSA) is 56.4 Å². The van der Waals surface area contributed by atoms with Crippen LogP contribution in [0.15, 0.2) is 24.3 Å². The van der Waals surface area contributed by atoms with Gasteiger partial charge in [-0.05, 0) is 30.7 Å². The maximum atomic E-state index is 12.7. The Morgan fingerprint density at radius 2 is 2.09 bits per heavy atom. The number of benzene rings is 1. The van der Waals surface area contributed by atoms with Crippen LogP contribution in [0, 0.1) is 0 Å². The van der Waals surface area contributed by atoms with Gasteiger partial charge in [0.2, 0.25) is 0 Å². The van der Waals surface area contributed by atoms with Gasteiger partial charge in [-0.2, -0.15) is 18.3 Å². The lowest BCUT2D eigenvalue weighted by Gasteiger charge is -2.16. The van der Waals surface area contributed by atoms with Crippen LogP contribution in [0.25, 0.3) is 11.3 Å². The third-order valence-electron chi connectivity index (χ3n) is 3.49. The number of aromatic nitrogens is 2. The van der Waals surface area contributed by atoms with Crippen LogP contribution >= 0.6 is 0 Å². The van der Waals surface area contributed by atoms with E-state index in [1.54, 1.807) is 18.2 Å². The minimum atomic E-state index is -4.46. The van der Waals surface area contributed by atoms with E-state index in [0.717, 1.165) is 18.9 Å². The van der Waals surface area contributed by atoms with E-state index < -0.39 is 11.9 Å². The molecule has 1 saturated heterocycles. The number of alkyl halides is 3. The van der Waals surface area contributed by atoms with Crippen molar-refractivity contribution in [1.82, 2.24) is 10.2 Å². The molecule has 124 valence electrons. The number of hydrogen-bond donors (Lipinski definition) is 1. The lowest BCUT2D eigenvalue weighted by atomic mass is 10.1. The van der Waals surface area contributed by atoms with Crippen LogP contribution in [-0.2, 0) is 10.9 Å². The summed E-state index contributed by atoms with van der Waals surface area (Å²) in [6, 6.07) is 5.80. The second kappa shape index (κ2) is 6.11. The number of halogens is 3. The second-order valence-corrected chi connectivity index (χ2v) is 5.09. The molecule has 1 aliphatic rings. The third-order valence-corrected chi connectivity index (χ3v) is 3.49. The van der Waals surface area contributed by atoms with E-state index in [2.05, 4.69) is 5.10 Å². The van der Waals surface area contributed by atoms with Gasteiger partial charge in [-0.15, -0.1) is 0 Å². The van der Waals surface area contributed by atoms with E-state index >= 15 is 0 Å². The van der Waals surface area contributed by atoms with Gasteiger partial charge in [-0.25, -0.2) is 0 Å². The Kier molecular flexibility index (Phi) is 4.16. The number of rotatable bonds is 4. The Balaban J connectivity index is 1.89. The first kappa shape index (κ1) is 15.7. The molecule has 2 heterocycles. The van der Waals surface area contributed by atoms with Gasteiger partial charge in [0.05, 0.1) is 19.4 Å². The number of nitrogens with one attached hydrogen (secondary N) is 1. The lowest BCUT2D eigenvalue weighted by molar-refractivity contribution is -0.141. The Labute approximate surface area is 130 Å². The van der Waals surface area contributed by atoms with Crippen molar-refractivity contribution in [3.8, 4) is 22.8 Å². The summed E-state index contributed by atoms with van der Waals surface area (Å²) in [4.78, 5) is 0. The molecule has 1 unspecified atom stereocenters. The van der Waals surface area contributed by atoms with Gasteiger partial charge in [-0.1, -0.05) is 0 Å². The highest BCUT2D eigenvalue weighted by atomic mass is 19.4. The van der Waals surface area contributed by atoms with Crippen molar-refractivity contribution in [3.63, 3.8) is 0 Å². The molecule has 0 saturated carbocycles.